The Kier molecular flexibility index (Phi) is 5.43. The van der Waals surface area contributed by atoms with E-state index in [1.807, 2.05) is 61.5 Å². The Labute approximate surface area is 178 Å². The minimum Gasteiger partial charge on any atom is -0.282 e. The number of aryl methyl sites for hydroxylation is 1. The molecule has 1 N–H and O–H groups in total. The van der Waals surface area contributed by atoms with Gasteiger partial charge >= 0.3 is 0 Å². The van der Waals surface area contributed by atoms with Crippen molar-refractivity contribution in [2.24, 2.45) is 0 Å². The highest BCUT2D eigenvalue weighted by atomic mass is 32.2. The Balaban J connectivity index is 2.20. The Morgan fingerprint density at radius 2 is 1.03 bits per heavy atom. The quantitative estimate of drug-likeness (QED) is 0.301. The summed E-state index contributed by atoms with van der Waals surface area (Å²) < 4.78 is 33.8. The first-order valence-electron chi connectivity index (χ1n) is 9.69. The van der Waals surface area contributed by atoms with Gasteiger partial charge in [-0.15, -0.1) is 0 Å². The molecule has 150 valence electrons. The van der Waals surface area contributed by atoms with Crippen LogP contribution in [0.15, 0.2) is 114 Å². The predicted octanol–water partition coefficient (Wildman–Crippen LogP) is 2.62. The van der Waals surface area contributed by atoms with Crippen LogP contribution in [-0.4, -0.2) is 21.0 Å². The lowest BCUT2D eigenvalue weighted by atomic mass is 10.2. The van der Waals surface area contributed by atoms with Crippen LogP contribution in [0.5, 0.6) is 0 Å². The highest BCUT2D eigenvalue weighted by molar-refractivity contribution is 7.85. The molecule has 3 nitrogen and oxygen atoms in total. The molecule has 4 aromatic rings. The average Bonchev–Trinajstić information content (AvgIpc) is 2.77. The van der Waals surface area contributed by atoms with Crippen molar-refractivity contribution >= 4 is 38.9 Å². The standard InChI is InChI=1S/C25H22O3SSi/c1-20-17-18-21(29(26,27)28)19-25(20)30(22-11-5-2-6-12-22,23-13-7-3-8-14-23)24-15-9-4-10-16-24/h2-19H,1H3,(H,26,27,28). The van der Waals surface area contributed by atoms with Crippen LogP contribution in [0.25, 0.3) is 0 Å². The summed E-state index contributed by atoms with van der Waals surface area (Å²) in [7, 11) is -7.16. The van der Waals surface area contributed by atoms with E-state index in [-0.39, 0.29) is 4.90 Å². The summed E-state index contributed by atoms with van der Waals surface area (Å²) in [6.45, 7) is 2.00. The van der Waals surface area contributed by atoms with Crippen molar-refractivity contribution in [1.82, 2.24) is 0 Å². The molecule has 0 amide bonds. The van der Waals surface area contributed by atoms with Crippen molar-refractivity contribution < 1.29 is 13.0 Å². The van der Waals surface area contributed by atoms with Crippen molar-refractivity contribution in [1.29, 1.82) is 0 Å². The molecule has 4 rings (SSSR count). The number of hydrogen-bond acceptors (Lipinski definition) is 2. The molecule has 0 fully saturated rings. The van der Waals surface area contributed by atoms with E-state index in [2.05, 4.69) is 36.4 Å². The Morgan fingerprint density at radius 3 is 1.40 bits per heavy atom. The zero-order valence-corrected chi connectivity index (χ0v) is 18.4. The molecule has 0 heterocycles. The van der Waals surface area contributed by atoms with Gasteiger partial charge < -0.3 is 0 Å². The Bertz CT molecular complexity index is 1160. The third-order valence-electron chi connectivity index (χ3n) is 5.53. The summed E-state index contributed by atoms with van der Waals surface area (Å²) in [6, 6.07) is 35.7. The second-order valence-corrected chi connectivity index (χ2v) is 12.5. The van der Waals surface area contributed by atoms with Crippen molar-refractivity contribution in [3.8, 4) is 0 Å². The first-order valence-corrected chi connectivity index (χ1v) is 13.1. The second kappa shape index (κ2) is 8.03. The molecule has 30 heavy (non-hydrogen) atoms. The van der Waals surface area contributed by atoms with Gasteiger partial charge in [0.05, 0.1) is 4.90 Å². The summed E-state index contributed by atoms with van der Waals surface area (Å²) in [4.78, 5) is -0.0808. The van der Waals surface area contributed by atoms with Crippen LogP contribution in [0.2, 0.25) is 0 Å². The molecule has 0 aliphatic rings. The molecule has 0 aromatic heterocycles. The molecular formula is C25H22O3SSi. The van der Waals surface area contributed by atoms with Crippen molar-refractivity contribution in [2.75, 3.05) is 0 Å². The lowest BCUT2D eigenvalue weighted by Gasteiger charge is -2.35. The topological polar surface area (TPSA) is 54.4 Å². The van der Waals surface area contributed by atoms with Crippen molar-refractivity contribution in [3.05, 3.63) is 115 Å². The zero-order valence-electron chi connectivity index (χ0n) is 16.6. The normalized spacial score (nSPS) is 11.9. The minimum absolute atomic E-state index is 0.0808. The molecule has 0 atom stereocenters. The van der Waals surface area contributed by atoms with Crippen LogP contribution in [-0.2, 0) is 10.1 Å². The van der Waals surface area contributed by atoms with E-state index in [9.17, 15) is 13.0 Å². The first kappa shape index (κ1) is 20.3. The molecule has 5 heteroatoms. The van der Waals surface area contributed by atoms with E-state index in [1.165, 1.54) is 6.07 Å². The lowest BCUT2D eigenvalue weighted by molar-refractivity contribution is 0.483. The van der Waals surface area contributed by atoms with Crippen LogP contribution in [0, 0.1) is 6.92 Å². The van der Waals surface area contributed by atoms with Gasteiger partial charge in [0, 0.05) is 0 Å². The molecule has 0 spiro atoms. The molecule has 0 saturated carbocycles. The highest BCUT2D eigenvalue weighted by Crippen LogP contribution is 2.15. The van der Waals surface area contributed by atoms with Crippen LogP contribution in [0.3, 0.4) is 0 Å². The van der Waals surface area contributed by atoms with Gasteiger partial charge in [-0.05, 0) is 39.8 Å². The summed E-state index contributed by atoms with van der Waals surface area (Å²) in [5, 5.41) is 4.40. The summed E-state index contributed by atoms with van der Waals surface area (Å²) in [5.41, 5.74) is 0.991. The largest absolute Gasteiger partial charge is 0.294 e. The van der Waals surface area contributed by atoms with Gasteiger partial charge in [0.25, 0.3) is 10.1 Å². The third-order valence-corrected chi connectivity index (χ3v) is 11.3. The third kappa shape index (κ3) is 3.52. The van der Waals surface area contributed by atoms with Gasteiger partial charge in [-0.2, -0.15) is 8.42 Å². The maximum absolute atomic E-state index is 12.0. The smallest absolute Gasteiger partial charge is 0.282 e. The Hall–Kier alpha value is -2.99. The van der Waals surface area contributed by atoms with E-state index >= 15 is 0 Å². The van der Waals surface area contributed by atoms with E-state index in [1.54, 1.807) is 12.1 Å². The molecule has 0 bridgehead atoms. The fraction of sp³-hybridized carbons (Fsp3) is 0.0400. The molecule has 0 unspecified atom stereocenters. The van der Waals surface area contributed by atoms with E-state index < -0.39 is 18.2 Å². The predicted molar refractivity (Wildman–Crippen MR) is 125 cm³/mol. The van der Waals surface area contributed by atoms with Crippen LogP contribution >= 0.6 is 0 Å². The van der Waals surface area contributed by atoms with Gasteiger partial charge in [0.15, 0.2) is 8.07 Å². The van der Waals surface area contributed by atoms with E-state index in [0.29, 0.717) is 0 Å². The molecular weight excluding hydrogens is 408 g/mol. The lowest BCUT2D eigenvalue weighted by Crippen LogP contribution is -2.75. The van der Waals surface area contributed by atoms with E-state index in [4.69, 9.17) is 0 Å². The van der Waals surface area contributed by atoms with Crippen LogP contribution in [0.1, 0.15) is 5.56 Å². The monoisotopic (exact) mass is 430 g/mol. The van der Waals surface area contributed by atoms with Crippen molar-refractivity contribution in [3.63, 3.8) is 0 Å². The molecule has 0 aliphatic carbocycles. The van der Waals surface area contributed by atoms with Gasteiger partial charge in [-0.25, -0.2) is 0 Å². The maximum Gasteiger partial charge on any atom is 0.294 e. The molecule has 4 aromatic carbocycles. The second-order valence-electron chi connectivity index (χ2n) is 7.30. The first-order chi connectivity index (χ1) is 14.4. The molecule has 0 radical (unpaired) electrons. The van der Waals surface area contributed by atoms with Gasteiger partial charge in [0.2, 0.25) is 0 Å². The zero-order chi connectivity index (χ0) is 21.2. The van der Waals surface area contributed by atoms with E-state index in [0.717, 1.165) is 26.3 Å². The summed E-state index contributed by atoms with van der Waals surface area (Å²) in [6.07, 6.45) is 0. The highest BCUT2D eigenvalue weighted by Gasteiger charge is 2.42. The maximum atomic E-state index is 12.0. The van der Waals surface area contributed by atoms with Gasteiger partial charge in [0.1, 0.15) is 0 Å². The van der Waals surface area contributed by atoms with Crippen molar-refractivity contribution in [2.45, 2.75) is 11.8 Å². The van der Waals surface area contributed by atoms with Crippen LogP contribution < -0.4 is 20.7 Å². The number of rotatable bonds is 5. The summed E-state index contributed by atoms with van der Waals surface area (Å²) in [5.74, 6) is 0. The number of hydrogen-bond donors (Lipinski definition) is 1. The fourth-order valence-electron chi connectivity index (χ4n) is 4.20. The Morgan fingerprint density at radius 1 is 0.633 bits per heavy atom. The molecule has 0 saturated heterocycles. The van der Waals surface area contributed by atoms with Gasteiger partial charge in [-0.3, -0.25) is 4.55 Å². The number of benzene rings is 4. The SMILES string of the molecule is Cc1ccc(S(=O)(=O)O)cc1[Si](c1ccccc1)(c1ccccc1)c1ccccc1. The van der Waals surface area contributed by atoms with Crippen LogP contribution in [0.4, 0.5) is 0 Å². The average molecular weight is 431 g/mol. The molecule has 0 aliphatic heterocycles. The minimum atomic E-state index is -4.33. The fourth-order valence-corrected chi connectivity index (χ4v) is 9.87. The van der Waals surface area contributed by atoms with Gasteiger partial charge in [-0.1, -0.05) is 103 Å². The summed E-state index contributed by atoms with van der Waals surface area (Å²) >= 11 is 0.